The molecule has 2 rings (SSSR count). The highest BCUT2D eigenvalue weighted by atomic mass is 16.5. The van der Waals surface area contributed by atoms with Crippen molar-refractivity contribution in [1.82, 2.24) is 4.98 Å². The molecule has 3 heteroatoms. The van der Waals surface area contributed by atoms with E-state index in [1.807, 2.05) is 18.2 Å². The van der Waals surface area contributed by atoms with Crippen LogP contribution in [0.4, 0.5) is 0 Å². The van der Waals surface area contributed by atoms with Gasteiger partial charge < -0.3 is 4.74 Å². The van der Waals surface area contributed by atoms with Gasteiger partial charge in [-0.2, -0.15) is 0 Å². The summed E-state index contributed by atoms with van der Waals surface area (Å²) in [7, 11) is 1.58. The molecular formula is C18H21NO2. The minimum Gasteiger partial charge on any atom is -0.481 e. The molecule has 0 aliphatic rings. The van der Waals surface area contributed by atoms with Crippen LogP contribution in [0.2, 0.25) is 0 Å². The number of ether oxygens (including phenoxy) is 1. The fourth-order valence-corrected chi connectivity index (χ4v) is 2.17. The van der Waals surface area contributed by atoms with E-state index in [-0.39, 0.29) is 5.78 Å². The molecule has 0 radical (unpaired) electrons. The lowest BCUT2D eigenvalue weighted by Crippen LogP contribution is -2.07. The molecule has 2 aromatic rings. The van der Waals surface area contributed by atoms with Crippen molar-refractivity contribution in [1.29, 1.82) is 0 Å². The summed E-state index contributed by atoms with van der Waals surface area (Å²) >= 11 is 0. The number of pyridine rings is 1. The number of carbonyl (C=O) groups is 1. The monoisotopic (exact) mass is 283 g/mol. The Labute approximate surface area is 126 Å². The summed E-state index contributed by atoms with van der Waals surface area (Å²) in [6.45, 7) is 4.33. The van der Waals surface area contributed by atoms with Crippen LogP contribution in [0.3, 0.4) is 0 Å². The number of carbonyl (C=O) groups excluding carboxylic acids is 1. The average molecular weight is 283 g/mol. The lowest BCUT2D eigenvalue weighted by atomic mass is 9.99. The SMILES string of the molecule is COc1ccc(CC(=O)Cc2ccc(C(C)C)cc2)cn1. The predicted octanol–water partition coefficient (Wildman–Crippen LogP) is 3.57. The Morgan fingerprint density at radius 3 is 2.19 bits per heavy atom. The van der Waals surface area contributed by atoms with E-state index >= 15 is 0 Å². The number of hydrogen-bond donors (Lipinski definition) is 0. The summed E-state index contributed by atoms with van der Waals surface area (Å²) in [6.07, 6.45) is 2.56. The van der Waals surface area contributed by atoms with E-state index in [4.69, 9.17) is 4.74 Å². The zero-order chi connectivity index (χ0) is 15.2. The summed E-state index contributed by atoms with van der Waals surface area (Å²) in [4.78, 5) is 16.2. The molecule has 1 heterocycles. The second-order valence-electron chi connectivity index (χ2n) is 5.50. The summed E-state index contributed by atoms with van der Waals surface area (Å²) in [5.41, 5.74) is 3.27. The zero-order valence-electron chi connectivity index (χ0n) is 12.8. The van der Waals surface area contributed by atoms with Crippen LogP contribution >= 0.6 is 0 Å². The standard InChI is InChI=1S/C18H21NO2/c1-13(2)16-7-4-14(5-8-16)10-17(20)11-15-6-9-18(21-3)19-12-15/h4-9,12-13H,10-11H2,1-3H3. The van der Waals surface area contributed by atoms with Gasteiger partial charge in [-0.25, -0.2) is 4.98 Å². The number of rotatable bonds is 6. The molecule has 1 aromatic heterocycles. The Kier molecular flexibility index (Phi) is 5.09. The van der Waals surface area contributed by atoms with Crippen LogP contribution in [0, 0.1) is 0 Å². The van der Waals surface area contributed by atoms with E-state index in [0.717, 1.165) is 11.1 Å². The van der Waals surface area contributed by atoms with E-state index in [0.29, 0.717) is 24.6 Å². The van der Waals surface area contributed by atoms with Gasteiger partial charge in [0.2, 0.25) is 5.88 Å². The second-order valence-corrected chi connectivity index (χ2v) is 5.50. The highest BCUT2D eigenvalue weighted by Crippen LogP contribution is 2.15. The van der Waals surface area contributed by atoms with Gasteiger partial charge in [0.25, 0.3) is 0 Å². The number of Topliss-reactive ketones (excluding diaryl/α,β-unsaturated/α-hetero) is 1. The Hall–Kier alpha value is -2.16. The van der Waals surface area contributed by atoms with Gasteiger partial charge in [-0.3, -0.25) is 4.79 Å². The zero-order valence-corrected chi connectivity index (χ0v) is 12.8. The van der Waals surface area contributed by atoms with Gasteiger partial charge in [-0.05, 0) is 22.6 Å². The van der Waals surface area contributed by atoms with Gasteiger partial charge in [0.15, 0.2) is 0 Å². The van der Waals surface area contributed by atoms with E-state index < -0.39 is 0 Å². The van der Waals surface area contributed by atoms with Crippen molar-refractivity contribution < 1.29 is 9.53 Å². The Bertz CT molecular complexity index is 586. The molecule has 0 amide bonds. The molecular weight excluding hydrogens is 262 g/mol. The smallest absolute Gasteiger partial charge is 0.212 e. The van der Waals surface area contributed by atoms with Crippen molar-refractivity contribution in [2.45, 2.75) is 32.6 Å². The van der Waals surface area contributed by atoms with Crippen LogP contribution in [0.5, 0.6) is 5.88 Å². The van der Waals surface area contributed by atoms with Gasteiger partial charge in [-0.1, -0.05) is 44.2 Å². The van der Waals surface area contributed by atoms with E-state index in [2.05, 4.69) is 31.0 Å². The van der Waals surface area contributed by atoms with Crippen molar-refractivity contribution in [3.8, 4) is 5.88 Å². The molecule has 0 saturated carbocycles. The van der Waals surface area contributed by atoms with Crippen molar-refractivity contribution >= 4 is 5.78 Å². The van der Waals surface area contributed by atoms with Gasteiger partial charge >= 0.3 is 0 Å². The number of methoxy groups -OCH3 is 1. The predicted molar refractivity (Wildman–Crippen MR) is 83.7 cm³/mol. The summed E-state index contributed by atoms with van der Waals surface area (Å²) < 4.78 is 5.00. The van der Waals surface area contributed by atoms with Crippen LogP contribution in [-0.4, -0.2) is 17.9 Å². The highest BCUT2D eigenvalue weighted by Gasteiger charge is 2.07. The molecule has 0 fully saturated rings. The largest absolute Gasteiger partial charge is 0.481 e. The van der Waals surface area contributed by atoms with E-state index in [9.17, 15) is 4.79 Å². The van der Waals surface area contributed by atoms with Gasteiger partial charge in [-0.15, -0.1) is 0 Å². The molecule has 0 atom stereocenters. The summed E-state index contributed by atoms with van der Waals surface area (Å²) in [6, 6.07) is 11.9. The molecule has 0 aliphatic heterocycles. The van der Waals surface area contributed by atoms with E-state index in [1.165, 1.54) is 5.56 Å². The maximum Gasteiger partial charge on any atom is 0.212 e. The Morgan fingerprint density at radius 1 is 1.05 bits per heavy atom. The van der Waals surface area contributed by atoms with Crippen LogP contribution < -0.4 is 4.74 Å². The highest BCUT2D eigenvalue weighted by molar-refractivity contribution is 5.83. The van der Waals surface area contributed by atoms with Gasteiger partial charge in [0.05, 0.1) is 7.11 Å². The van der Waals surface area contributed by atoms with Crippen molar-refractivity contribution in [3.05, 3.63) is 59.3 Å². The van der Waals surface area contributed by atoms with Gasteiger partial charge in [0.1, 0.15) is 5.78 Å². The molecule has 0 N–H and O–H groups in total. The van der Waals surface area contributed by atoms with Crippen LogP contribution in [0.1, 0.15) is 36.5 Å². The molecule has 0 bridgehead atoms. The molecule has 0 saturated heterocycles. The molecule has 0 unspecified atom stereocenters. The second kappa shape index (κ2) is 7.02. The molecule has 0 spiro atoms. The number of nitrogens with zero attached hydrogens (tertiary/aromatic N) is 1. The minimum atomic E-state index is 0.194. The third-order valence-corrected chi connectivity index (χ3v) is 3.46. The van der Waals surface area contributed by atoms with Crippen LogP contribution in [0.15, 0.2) is 42.6 Å². The maximum atomic E-state index is 12.1. The number of hydrogen-bond acceptors (Lipinski definition) is 3. The maximum absolute atomic E-state index is 12.1. The van der Waals surface area contributed by atoms with E-state index in [1.54, 1.807) is 19.4 Å². The van der Waals surface area contributed by atoms with Crippen LogP contribution in [0.25, 0.3) is 0 Å². The molecule has 3 nitrogen and oxygen atoms in total. The van der Waals surface area contributed by atoms with Gasteiger partial charge in [0, 0.05) is 25.1 Å². The molecule has 110 valence electrons. The quantitative estimate of drug-likeness (QED) is 0.813. The number of ketones is 1. The Balaban J connectivity index is 1.94. The number of aromatic nitrogens is 1. The first-order valence-corrected chi connectivity index (χ1v) is 7.18. The fraction of sp³-hybridized carbons (Fsp3) is 0.333. The van der Waals surface area contributed by atoms with Crippen molar-refractivity contribution in [3.63, 3.8) is 0 Å². The third kappa shape index (κ3) is 4.42. The minimum absolute atomic E-state index is 0.194. The first kappa shape index (κ1) is 15.2. The average Bonchev–Trinajstić information content (AvgIpc) is 2.48. The molecule has 1 aromatic carbocycles. The van der Waals surface area contributed by atoms with Crippen molar-refractivity contribution in [2.75, 3.05) is 7.11 Å². The number of benzene rings is 1. The lowest BCUT2D eigenvalue weighted by Gasteiger charge is -2.07. The topological polar surface area (TPSA) is 39.2 Å². The molecule has 21 heavy (non-hydrogen) atoms. The first-order chi connectivity index (χ1) is 10.1. The van der Waals surface area contributed by atoms with Crippen molar-refractivity contribution in [2.24, 2.45) is 0 Å². The summed E-state index contributed by atoms with van der Waals surface area (Å²) in [5.74, 6) is 1.27. The first-order valence-electron chi connectivity index (χ1n) is 7.18. The van der Waals surface area contributed by atoms with Crippen LogP contribution in [-0.2, 0) is 17.6 Å². The normalized spacial score (nSPS) is 10.7. The fourth-order valence-electron chi connectivity index (χ4n) is 2.17. The Morgan fingerprint density at radius 2 is 1.67 bits per heavy atom. The molecule has 0 aliphatic carbocycles. The summed E-state index contributed by atoms with van der Waals surface area (Å²) in [5, 5.41) is 0. The lowest BCUT2D eigenvalue weighted by molar-refractivity contribution is -0.117. The third-order valence-electron chi connectivity index (χ3n) is 3.46.